The van der Waals surface area contributed by atoms with Crippen molar-refractivity contribution in [1.82, 2.24) is 10.3 Å². The van der Waals surface area contributed by atoms with Crippen molar-refractivity contribution in [2.45, 2.75) is 13.0 Å². The van der Waals surface area contributed by atoms with E-state index in [1.165, 1.54) is 12.1 Å². The first-order chi connectivity index (χ1) is 7.54. The summed E-state index contributed by atoms with van der Waals surface area (Å²) >= 11 is 0. The third-order valence-electron chi connectivity index (χ3n) is 1.89. The zero-order valence-electron chi connectivity index (χ0n) is 9.14. The number of nitro groups is 1. The van der Waals surface area contributed by atoms with Crippen LogP contribution in [0.2, 0.25) is 0 Å². The minimum absolute atomic E-state index is 0.0849. The minimum atomic E-state index is -0.580. The third-order valence-corrected chi connectivity index (χ3v) is 1.89. The van der Waals surface area contributed by atoms with Crippen molar-refractivity contribution >= 4 is 11.5 Å². The molecule has 0 bridgehead atoms. The Labute approximate surface area is 92.8 Å². The van der Waals surface area contributed by atoms with Crippen molar-refractivity contribution in [3.8, 4) is 5.88 Å². The van der Waals surface area contributed by atoms with Crippen LogP contribution in [0.4, 0.5) is 11.5 Å². The van der Waals surface area contributed by atoms with E-state index in [0.717, 1.165) is 0 Å². The number of likely N-dealkylation sites (N-methyl/N-ethyl adjacent to an activating group) is 1. The lowest BCUT2D eigenvalue weighted by atomic mass is 10.4. The van der Waals surface area contributed by atoms with E-state index in [1.54, 1.807) is 7.05 Å². The van der Waals surface area contributed by atoms with Crippen LogP contribution >= 0.6 is 0 Å². The van der Waals surface area contributed by atoms with E-state index in [2.05, 4.69) is 10.3 Å². The van der Waals surface area contributed by atoms with Crippen LogP contribution < -0.4 is 15.8 Å². The fourth-order valence-electron chi connectivity index (χ4n) is 1.20. The summed E-state index contributed by atoms with van der Waals surface area (Å²) in [5, 5.41) is 13.4. The number of nitrogens with two attached hydrogens (primary N) is 1. The van der Waals surface area contributed by atoms with Crippen LogP contribution in [0.1, 0.15) is 6.92 Å². The molecule has 1 heterocycles. The smallest absolute Gasteiger partial charge is 0.311 e. The Bertz CT molecular complexity index is 383. The second-order valence-electron chi connectivity index (χ2n) is 3.30. The van der Waals surface area contributed by atoms with E-state index in [4.69, 9.17) is 10.5 Å². The molecule has 0 aliphatic rings. The minimum Gasteiger partial charge on any atom is -0.473 e. The maximum atomic E-state index is 10.5. The molecule has 3 N–H and O–H groups in total. The molecule has 0 aromatic carbocycles. The Morgan fingerprint density at radius 1 is 1.69 bits per heavy atom. The first-order valence-electron chi connectivity index (χ1n) is 4.76. The molecule has 0 aliphatic carbocycles. The monoisotopic (exact) mass is 226 g/mol. The van der Waals surface area contributed by atoms with Crippen LogP contribution in [0.15, 0.2) is 12.1 Å². The van der Waals surface area contributed by atoms with E-state index in [9.17, 15) is 10.1 Å². The van der Waals surface area contributed by atoms with Gasteiger partial charge in [0, 0.05) is 18.7 Å². The molecule has 1 unspecified atom stereocenters. The van der Waals surface area contributed by atoms with Crippen molar-refractivity contribution in [3.05, 3.63) is 22.2 Å². The van der Waals surface area contributed by atoms with Gasteiger partial charge >= 0.3 is 5.69 Å². The SMILES string of the molecule is CNCC(C)Oc1ccc([N+](=O)[O-])c(N)n1. The lowest BCUT2D eigenvalue weighted by Gasteiger charge is -2.13. The molecule has 0 saturated heterocycles. The number of pyridine rings is 1. The molecule has 88 valence electrons. The van der Waals surface area contributed by atoms with Crippen LogP contribution in [0.5, 0.6) is 5.88 Å². The predicted molar refractivity (Wildman–Crippen MR) is 59.3 cm³/mol. The van der Waals surface area contributed by atoms with E-state index in [1.807, 2.05) is 6.92 Å². The van der Waals surface area contributed by atoms with Crippen LogP contribution in [-0.2, 0) is 0 Å². The molecular weight excluding hydrogens is 212 g/mol. The van der Waals surface area contributed by atoms with Crippen molar-refractivity contribution in [3.63, 3.8) is 0 Å². The van der Waals surface area contributed by atoms with Gasteiger partial charge < -0.3 is 15.8 Å². The number of aromatic nitrogens is 1. The van der Waals surface area contributed by atoms with Crippen LogP contribution in [0, 0.1) is 10.1 Å². The van der Waals surface area contributed by atoms with Gasteiger partial charge in [-0.05, 0) is 14.0 Å². The van der Waals surface area contributed by atoms with Crippen LogP contribution in [0.3, 0.4) is 0 Å². The first kappa shape index (κ1) is 12.2. The number of hydrogen-bond acceptors (Lipinski definition) is 6. The quantitative estimate of drug-likeness (QED) is 0.561. The Kier molecular flexibility index (Phi) is 4.01. The molecule has 0 saturated carbocycles. The molecular formula is C9H14N4O3. The maximum absolute atomic E-state index is 10.5. The number of ether oxygens (including phenoxy) is 1. The van der Waals surface area contributed by atoms with Gasteiger partial charge in [-0.1, -0.05) is 0 Å². The average molecular weight is 226 g/mol. The van der Waals surface area contributed by atoms with Crippen molar-refractivity contribution < 1.29 is 9.66 Å². The number of rotatable bonds is 5. The highest BCUT2D eigenvalue weighted by atomic mass is 16.6. The Morgan fingerprint density at radius 2 is 2.38 bits per heavy atom. The van der Waals surface area contributed by atoms with Gasteiger partial charge in [0.1, 0.15) is 6.10 Å². The van der Waals surface area contributed by atoms with Gasteiger partial charge in [0.15, 0.2) is 0 Å². The molecule has 0 spiro atoms. The second kappa shape index (κ2) is 5.26. The highest BCUT2D eigenvalue weighted by Gasteiger charge is 2.14. The van der Waals surface area contributed by atoms with Gasteiger partial charge in [-0.2, -0.15) is 4.98 Å². The van der Waals surface area contributed by atoms with E-state index in [0.29, 0.717) is 6.54 Å². The normalized spacial score (nSPS) is 12.1. The molecule has 0 aliphatic heterocycles. The molecule has 1 aromatic rings. The van der Waals surface area contributed by atoms with Crippen molar-refractivity contribution in [2.24, 2.45) is 0 Å². The largest absolute Gasteiger partial charge is 0.473 e. The van der Waals surface area contributed by atoms with Crippen molar-refractivity contribution in [1.29, 1.82) is 0 Å². The second-order valence-corrected chi connectivity index (χ2v) is 3.30. The molecule has 7 nitrogen and oxygen atoms in total. The Balaban J connectivity index is 2.77. The summed E-state index contributed by atoms with van der Waals surface area (Å²) in [5.74, 6) is 0.144. The van der Waals surface area contributed by atoms with Crippen LogP contribution in [0.25, 0.3) is 0 Å². The van der Waals surface area contributed by atoms with Gasteiger partial charge in [-0.15, -0.1) is 0 Å². The molecule has 0 amide bonds. The van der Waals surface area contributed by atoms with E-state index >= 15 is 0 Å². The summed E-state index contributed by atoms with van der Waals surface area (Å²) in [6, 6.07) is 2.71. The molecule has 16 heavy (non-hydrogen) atoms. The number of anilines is 1. The van der Waals surface area contributed by atoms with Crippen LogP contribution in [-0.4, -0.2) is 29.6 Å². The lowest BCUT2D eigenvalue weighted by molar-refractivity contribution is -0.384. The van der Waals surface area contributed by atoms with E-state index < -0.39 is 4.92 Å². The van der Waals surface area contributed by atoms with Gasteiger partial charge in [0.05, 0.1) is 4.92 Å². The molecule has 7 heteroatoms. The number of nitrogens with zero attached hydrogens (tertiary/aromatic N) is 2. The Hall–Kier alpha value is -1.89. The molecule has 1 rings (SSSR count). The number of hydrogen-bond donors (Lipinski definition) is 2. The fourth-order valence-corrected chi connectivity index (χ4v) is 1.20. The summed E-state index contributed by atoms with van der Waals surface area (Å²) in [6.45, 7) is 2.51. The van der Waals surface area contributed by atoms with Crippen molar-refractivity contribution in [2.75, 3.05) is 19.3 Å². The highest BCUT2D eigenvalue weighted by Crippen LogP contribution is 2.22. The van der Waals surface area contributed by atoms with Gasteiger partial charge in [0.25, 0.3) is 0 Å². The fraction of sp³-hybridized carbons (Fsp3) is 0.444. The Morgan fingerprint density at radius 3 is 2.88 bits per heavy atom. The molecule has 1 aromatic heterocycles. The lowest BCUT2D eigenvalue weighted by Crippen LogP contribution is -2.26. The summed E-state index contributed by atoms with van der Waals surface area (Å²) < 4.78 is 5.39. The number of nitrogens with one attached hydrogen (secondary N) is 1. The summed E-state index contributed by atoms with van der Waals surface area (Å²) in [6.07, 6.45) is -0.0849. The van der Waals surface area contributed by atoms with Gasteiger partial charge in [-0.25, -0.2) is 0 Å². The predicted octanol–water partition coefficient (Wildman–Crippen LogP) is 0.559. The summed E-state index contributed by atoms with van der Waals surface area (Å²) in [4.78, 5) is 13.7. The van der Waals surface area contributed by atoms with Gasteiger partial charge in [-0.3, -0.25) is 10.1 Å². The van der Waals surface area contributed by atoms with Gasteiger partial charge in [0.2, 0.25) is 11.7 Å². The molecule has 0 fully saturated rings. The topological polar surface area (TPSA) is 103 Å². The van der Waals surface area contributed by atoms with E-state index in [-0.39, 0.29) is 23.5 Å². The zero-order chi connectivity index (χ0) is 12.1. The first-order valence-corrected chi connectivity index (χ1v) is 4.76. The highest BCUT2D eigenvalue weighted by molar-refractivity contribution is 5.53. The summed E-state index contributed by atoms with van der Waals surface area (Å²) in [5.41, 5.74) is 5.21. The standard InChI is InChI=1S/C9H14N4O3/c1-6(5-11-2)16-8-4-3-7(13(14)15)9(10)12-8/h3-4,6,11H,5H2,1-2H3,(H2,10,12). The maximum Gasteiger partial charge on any atom is 0.311 e. The average Bonchev–Trinajstić information content (AvgIpc) is 2.17. The zero-order valence-corrected chi connectivity index (χ0v) is 9.14. The summed E-state index contributed by atoms with van der Waals surface area (Å²) in [7, 11) is 1.80. The molecule has 0 radical (unpaired) electrons. The third kappa shape index (κ3) is 3.06. The number of nitrogen functional groups attached to an aromatic ring is 1. The molecule has 1 atom stereocenters.